The van der Waals surface area contributed by atoms with Crippen LogP contribution in [0.3, 0.4) is 0 Å². The van der Waals surface area contributed by atoms with Gasteiger partial charge in [-0.15, -0.1) is 0 Å². The highest BCUT2D eigenvalue weighted by atomic mass is 16.1. The number of ketones is 1. The first-order chi connectivity index (χ1) is 13.2. The van der Waals surface area contributed by atoms with E-state index in [9.17, 15) is 4.79 Å². The maximum atomic E-state index is 12.2. The Morgan fingerprint density at radius 1 is 0.741 bits per heavy atom. The Hall–Kier alpha value is -2.15. The van der Waals surface area contributed by atoms with E-state index in [1.807, 2.05) is 0 Å². The van der Waals surface area contributed by atoms with Crippen molar-refractivity contribution in [3.63, 3.8) is 0 Å². The third-order valence-electron chi connectivity index (χ3n) is 7.33. The van der Waals surface area contributed by atoms with Crippen LogP contribution >= 0.6 is 0 Å². The van der Waals surface area contributed by atoms with E-state index in [0.717, 1.165) is 31.1 Å². The molecule has 0 heterocycles. The zero-order valence-electron chi connectivity index (χ0n) is 16.0. The van der Waals surface area contributed by atoms with Gasteiger partial charge in [0.15, 0.2) is 0 Å². The van der Waals surface area contributed by atoms with Gasteiger partial charge in [-0.3, -0.25) is 4.79 Å². The van der Waals surface area contributed by atoms with Gasteiger partial charge in [-0.2, -0.15) is 0 Å². The van der Waals surface area contributed by atoms with Gasteiger partial charge < -0.3 is 0 Å². The van der Waals surface area contributed by atoms with Gasteiger partial charge in [0.05, 0.1) is 0 Å². The number of carbonyl (C=O) groups is 1. The fourth-order valence-corrected chi connectivity index (χ4v) is 6.24. The average molecular weight is 357 g/mol. The second kappa shape index (κ2) is 6.78. The van der Waals surface area contributed by atoms with Crippen LogP contribution in [0.4, 0.5) is 0 Å². The summed E-state index contributed by atoms with van der Waals surface area (Å²) in [4.78, 5) is 12.2. The monoisotopic (exact) mass is 356 g/mol. The summed E-state index contributed by atoms with van der Waals surface area (Å²) >= 11 is 0. The van der Waals surface area contributed by atoms with Crippen molar-refractivity contribution in [3.8, 4) is 0 Å². The topological polar surface area (TPSA) is 17.1 Å². The van der Waals surface area contributed by atoms with Crippen LogP contribution < -0.4 is 0 Å². The maximum absolute atomic E-state index is 12.2. The molecule has 0 radical (unpaired) electrons. The summed E-state index contributed by atoms with van der Waals surface area (Å²) in [5.41, 5.74) is 6.17. The fraction of sp³-hybridized carbons (Fsp3) is 0.423. The van der Waals surface area contributed by atoms with Gasteiger partial charge in [0.25, 0.3) is 0 Å². The van der Waals surface area contributed by atoms with Crippen molar-refractivity contribution >= 4 is 16.9 Å². The van der Waals surface area contributed by atoms with Gasteiger partial charge in [-0.1, -0.05) is 60.7 Å². The molecule has 0 N–H and O–H groups in total. The molecule has 1 unspecified atom stereocenters. The van der Waals surface area contributed by atoms with E-state index < -0.39 is 0 Å². The first-order valence-electron chi connectivity index (χ1n) is 10.6. The summed E-state index contributed by atoms with van der Waals surface area (Å²) in [6, 6.07) is 21.9. The van der Waals surface area contributed by atoms with Crippen molar-refractivity contribution in [2.24, 2.45) is 17.3 Å². The summed E-state index contributed by atoms with van der Waals surface area (Å²) in [7, 11) is 0. The van der Waals surface area contributed by atoms with E-state index >= 15 is 0 Å². The number of fused-ring (bicyclic) bond motifs is 1. The first kappa shape index (κ1) is 17.0. The van der Waals surface area contributed by atoms with Crippen LogP contribution in [0.15, 0.2) is 60.7 Å². The number of rotatable bonds is 2. The van der Waals surface area contributed by atoms with Crippen LogP contribution in [0.1, 0.15) is 62.5 Å². The van der Waals surface area contributed by atoms with Gasteiger partial charge in [-0.05, 0) is 78.0 Å². The lowest BCUT2D eigenvalue weighted by molar-refractivity contribution is -0.123. The second-order valence-corrected chi connectivity index (χ2v) is 9.09. The van der Waals surface area contributed by atoms with E-state index in [-0.39, 0.29) is 0 Å². The van der Waals surface area contributed by atoms with Crippen LogP contribution in [0.2, 0.25) is 0 Å². The molecule has 138 valence electrons. The van der Waals surface area contributed by atoms with Gasteiger partial charge in [0.1, 0.15) is 5.78 Å². The van der Waals surface area contributed by atoms with Crippen molar-refractivity contribution in [1.82, 2.24) is 0 Å². The van der Waals surface area contributed by atoms with Crippen LogP contribution in [0.25, 0.3) is 11.1 Å². The third-order valence-corrected chi connectivity index (χ3v) is 7.33. The van der Waals surface area contributed by atoms with Gasteiger partial charge >= 0.3 is 0 Å². The lowest BCUT2D eigenvalue weighted by Crippen LogP contribution is -2.26. The Morgan fingerprint density at radius 2 is 1.26 bits per heavy atom. The minimum Gasteiger partial charge on any atom is -0.300 e. The van der Waals surface area contributed by atoms with Crippen molar-refractivity contribution in [2.45, 2.75) is 51.4 Å². The maximum Gasteiger partial charge on any atom is 0.133 e. The predicted molar refractivity (Wildman–Crippen MR) is 111 cm³/mol. The van der Waals surface area contributed by atoms with Crippen molar-refractivity contribution in [1.29, 1.82) is 0 Å². The third kappa shape index (κ3) is 3.18. The molecule has 2 fully saturated rings. The molecule has 2 aromatic rings. The van der Waals surface area contributed by atoms with Crippen LogP contribution in [-0.4, -0.2) is 5.78 Å². The quantitative estimate of drug-likeness (QED) is 0.596. The van der Waals surface area contributed by atoms with E-state index in [1.165, 1.54) is 43.2 Å². The number of hydrogen-bond donors (Lipinski definition) is 0. The molecule has 0 amide bonds. The van der Waals surface area contributed by atoms with E-state index in [2.05, 4.69) is 60.7 Å². The number of hydrogen-bond acceptors (Lipinski definition) is 1. The number of carbonyl (C=O) groups excluding carboxylic acids is 1. The number of Topliss-reactive ketones (excluding diaryl/α,β-unsaturated/α-hetero) is 1. The minimum absolute atomic E-state index is 0.318. The molecule has 0 aliphatic heterocycles. The smallest absolute Gasteiger partial charge is 0.133 e. The summed E-state index contributed by atoms with van der Waals surface area (Å²) in [5.74, 6) is 2.01. The highest BCUT2D eigenvalue weighted by Gasteiger charge is 2.48. The minimum atomic E-state index is 0.318. The molecular formula is C26H28O. The molecule has 0 saturated heterocycles. The SMILES string of the molecule is O=C1CCCC2(C1)C[C@H]1CC(c3ccccc3)=C(c3ccccc3)C[C@H]1C2. The molecule has 2 aromatic carbocycles. The van der Waals surface area contributed by atoms with Crippen LogP contribution in [0, 0.1) is 17.3 Å². The number of allylic oxidation sites excluding steroid dienone is 2. The molecule has 0 bridgehead atoms. The highest BCUT2D eigenvalue weighted by Crippen LogP contribution is 2.59. The Bertz CT molecular complexity index is 802. The fourth-order valence-electron chi connectivity index (χ4n) is 6.24. The molecule has 3 atom stereocenters. The Balaban J connectivity index is 1.51. The lowest BCUT2D eigenvalue weighted by atomic mass is 9.71. The average Bonchev–Trinajstić information content (AvgIpc) is 3.04. The molecule has 27 heavy (non-hydrogen) atoms. The molecule has 2 saturated carbocycles. The van der Waals surface area contributed by atoms with E-state index in [0.29, 0.717) is 11.2 Å². The molecule has 0 aromatic heterocycles. The lowest BCUT2D eigenvalue weighted by Gasteiger charge is -2.32. The molecule has 1 nitrogen and oxygen atoms in total. The Labute approximate surface area is 162 Å². The highest BCUT2D eigenvalue weighted by molar-refractivity contribution is 5.92. The zero-order chi connectivity index (χ0) is 18.3. The molecule has 3 aliphatic rings. The number of benzene rings is 2. The predicted octanol–water partition coefficient (Wildman–Crippen LogP) is 6.55. The zero-order valence-corrected chi connectivity index (χ0v) is 16.0. The summed E-state index contributed by atoms with van der Waals surface area (Å²) in [6.45, 7) is 0. The first-order valence-corrected chi connectivity index (χ1v) is 10.6. The summed E-state index contributed by atoms with van der Waals surface area (Å²) in [6.07, 6.45) is 8.93. The summed E-state index contributed by atoms with van der Waals surface area (Å²) < 4.78 is 0. The van der Waals surface area contributed by atoms with Gasteiger partial charge in [0.2, 0.25) is 0 Å². The molecular weight excluding hydrogens is 328 g/mol. The molecule has 1 spiro atoms. The van der Waals surface area contributed by atoms with E-state index in [4.69, 9.17) is 0 Å². The standard InChI is InChI=1S/C26H28O/c27-23-12-7-13-26(18-23)16-21-14-24(19-8-3-1-4-9-19)25(15-22(21)17-26)20-10-5-2-6-11-20/h1-6,8-11,21-22H,7,12-18H2/t21-,22+,26?. The van der Waals surface area contributed by atoms with Crippen molar-refractivity contribution in [3.05, 3.63) is 71.8 Å². The van der Waals surface area contributed by atoms with Crippen molar-refractivity contribution < 1.29 is 4.79 Å². The van der Waals surface area contributed by atoms with Gasteiger partial charge in [-0.25, -0.2) is 0 Å². The Morgan fingerprint density at radius 3 is 1.74 bits per heavy atom. The largest absolute Gasteiger partial charge is 0.300 e. The van der Waals surface area contributed by atoms with Gasteiger partial charge in [0, 0.05) is 12.8 Å². The second-order valence-electron chi connectivity index (χ2n) is 9.09. The molecule has 1 heteroatoms. The summed E-state index contributed by atoms with van der Waals surface area (Å²) in [5, 5.41) is 0. The van der Waals surface area contributed by atoms with Crippen molar-refractivity contribution in [2.75, 3.05) is 0 Å². The van der Waals surface area contributed by atoms with E-state index in [1.54, 1.807) is 11.1 Å². The molecule has 3 aliphatic carbocycles. The molecule has 5 rings (SSSR count). The van der Waals surface area contributed by atoms with Crippen LogP contribution in [-0.2, 0) is 4.79 Å². The normalized spacial score (nSPS) is 30.6. The van der Waals surface area contributed by atoms with Crippen LogP contribution in [0.5, 0.6) is 0 Å². The Kier molecular flexibility index (Phi) is 4.27.